The summed E-state index contributed by atoms with van der Waals surface area (Å²) in [6.45, 7) is 5.70. The number of aliphatic hydroxyl groups is 2. The number of para-hydroxylation sites is 2. The molecule has 7 aromatic rings. The van der Waals surface area contributed by atoms with Crippen molar-refractivity contribution >= 4 is 55.3 Å². The molecule has 9 heteroatoms. The molecule has 254 valence electrons. The van der Waals surface area contributed by atoms with Crippen LogP contribution in [0.4, 0.5) is 0 Å². The molecule has 0 aliphatic heterocycles. The molecule has 4 aromatic carbocycles. The van der Waals surface area contributed by atoms with Crippen molar-refractivity contribution in [3.05, 3.63) is 133 Å². The van der Waals surface area contributed by atoms with Gasteiger partial charge in [-0.3, -0.25) is 19.6 Å². The van der Waals surface area contributed by atoms with Crippen molar-refractivity contribution < 1.29 is 66.3 Å². The molecule has 7 nitrogen and oxygen atoms in total. The van der Waals surface area contributed by atoms with Gasteiger partial charge >= 0.3 is 0 Å². The molecule has 2 N–H and O–H groups in total. The first kappa shape index (κ1) is 38.7. The Bertz CT molecular complexity index is 2160. The van der Waals surface area contributed by atoms with Crippen LogP contribution in [0, 0.1) is 12.1 Å². The van der Waals surface area contributed by atoms with Crippen molar-refractivity contribution in [1.29, 1.82) is 0 Å². The van der Waals surface area contributed by atoms with Crippen LogP contribution in [0.2, 0.25) is 0 Å². The SMILES string of the molecule is CC(=O)/C=C(/C)O.CC(=O)/C=C(/C)O.[Pt].[Pt].[c-]1ccc2c(oc3c(-c4ccc5ccccc5n4)[c-]ccc32)c1-c1ccc2ccccc2n1. The Balaban J connectivity index is 0.000000347. The number of ketones is 2. The second kappa shape index (κ2) is 17.6. The zero-order valence-corrected chi connectivity index (χ0v) is 31.6. The fraction of sp³-hybridized carbons (Fsp3) is 0.100. The van der Waals surface area contributed by atoms with E-state index in [-0.39, 0.29) is 65.2 Å². The van der Waals surface area contributed by atoms with Crippen molar-refractivity contribution in [2.75, 3.05) is 0 Å². The molecule has 0 saturated heterocycles. The monoisotopic (exact) mass is 1010 g/mol. The first-order valence-corrected chi connectivity index (χ1v) is 14.9. The molecule has 49 heavy (non-hydrogen) atoms. The predicted octanol–water partition coefficient (Wildman–Crippen LogP) is 9.69. The van der Waals surface area contributed by atoms with Gasteiger partial charge in [0.05, 0.1) is 22.6 Å². The quantitative estimate of drug-likeness (QED) is 0.103. The minimum absolute atomic E-state index is 0. The van der Waals surface area contributed by atoms with E-state index in [1.807, 2.05) is 72.8 Å². The molecule has 0 spiro atoms. The van der Waals surface area contributed by atoms with Gasteiger partial charge in [-0.1, -0.05) is 82.6 Å². The fourth-order valence-electron chi connectivity index (χ4n) is 5.09. The number of nitrogens with zero attached hydrogens (tertiary/aromatic N) is 2. The first-order valence-electron chi connectivity index (χ1n) is 14.9. The Labute approximate surface area is 312 Å². The summed E-state index contributed by atoms with van der Waals surface area (Å²) < 4.78 is 6.51. The van der Waals surface area contributed by atoms with Crippen LogP contribution in [0.1, 0.15) is 27.7 Å². The largest absolute Gasteiger partial charge is 0.545 e. The molecule has 0 fully saturated rings. The standard InChI is InChI=1S/C30H16N2O.2C5H8O2.2Pt/c1-3-13-25-19(7-1)15-17-27(31-25)23-11-5-9-21-22-10-6-12-24(30(22)33-29(21)23)28-18-16-20-8-2-4-14-26(20)32-28;2*1-4(6)3-5(2)7;;/h1-10,13-18H;2*3,6H,1-2H3;;/q-2;;;;/b;2*4-3-;;. The summed E-state index contributed by atoms with van der Waals surface area (Å²) >= 11 is 0. The Hall–Kier alpha value is -4.70. The average Bonchev–Trinajstić information content (AvgIpc) is 3.43. The first-order chi connectivity index (χ1) is 22.6. The Kier molecular flexibility index (Phi) is 13.9. The number of carbonyl (C=O) groups is 2. The van der Waals surface area contributed by atoms with Crippen LogP contribution in [-0.2, 0) is 51.7 Å². The number of carbonyl (C=O) groups excluding carboxylic acids is 2. The maximum absolute atomic E-state index is 10.0. The predicted molar refractivity (Wildman–Crippen MR) is 187 cm³/mol. The van der Waals surface area contributed by atoms with Gasteiger partial charge in [-0.15, -0.1) is 36.4 Å². The van der Waals surface area contributed by atoms with E-state index < -0.39 is 0 Å². The van der Waals surface area contributed by atoms with Gasteiger partial charge in [-0.05, 0) is 62.0 Å². The summed E-state index contributed by atoms with van der Waals surface area (Å²) in [6.07, 6.45) is 2.33. The molecule has 3 heterocycles. The van der Waals surface area contributed by atoms with Gasteiger partial charge in [-0.2, -0.15) is 0 Å². The van der Waals surface area contributed by atoms with Crippen LogP contribution in [0.15, 0.2) is 125 Å². The van der Waals surface area contributed by atoms with E-state index in [4.69, 9.17) is 24.6 Å². The van der Waals surface area contributed by atoms with Crippen molar-refractivity contribution in [3.63, 3.8) is 0 Å². The summed E-state index contributed by atoms with van der Waals surface area (Å²) in [6, 6.07) is 39.1. The second-order valence-corrected chi connectivity index (χ2v) is 10.9. The van der Waals surface area contributed by atoms with E-state index in [0.717, 1.165) is 66.3 Å². The Morgan fingerprint density at radius 1 is 0.592 bits per heavy atom. The number of pyridine rings is 2. The van der Waals surface area contributed by atoms with Crippen molar-refractivity contribution in [2.45, 2.75) is 27.7 Å². The molecule has 3 aromatic heterocycles. The molecule has 7 rings (SSSR count). The van der Waals surface area contributed by atoms with Gasteiger partial charge in [-0.25, -0.2) is 0 Å². The molecule has 0 unspecified atom stereocenters. The van der Waals surface area contributed by atoms with Crippen LogP contribution in [0.5, 0.6) is 0 Å². The van der Waals surface area contributed by atoms with E-state index in [9.17, 15) is 9.59 Å². The van der Waals surface area contributed by atoms with E-state index in [1.165, 1.54) is 39.8 Å². The van der Waals surface area contributed by atoms with Crippen LogP contribution in [0.25, 0.3) is 66.3 Å². The molecule has 0 saturated carbocycles. The summed E-state index contributed by atoms with van der Waals surface area (Å²) in [5.41, 5.74) is 6.84. The third kappa shape index (κ3) is 9.69. The average molecular weight is 1010 g/mol. The third-order valence-corrected chi connectivity index (χ3v) is 6.93. The van der Waals surface area contributed by atoms with Crippen molar-refractivity contribution in [2.24, 2.45) is 0 Å². The molecule has 0 bridgehead atoms. The molecular weight excluding hydrogens is 979 g/mol. The second-order valence-electron chi connectivity index (χ2n) is 10.9. The summed E-state index contributed by atoms with van der Waals surface area (Å²) in [5.74, 6) is -0.125. The maximum atomic E-state index is 10.0. The van der Waals surface area contributed by atoms with Gasteiger partial charge in [0.15, 0.2) is 11.6 Å². The van der Waals surface area contributed by atoms with Crippen molar-refractivity contribution in [1.82, 2.24) is 9.97 Å². The van der Waals surface area contributed by atoms with E-state index in [1.54, 1.807) is 0 Å². The summed E-state index contributed by atoms with van der Waals surface area (Å²) in [5, 5.41) is 21.0. The minimum atomic E-state index is -0.125. The zero-order chi connectivity index (χ0) is 33.5. The number of rotatable bonds is 4. The Morgan fingerprint density at radius 2 is 0.980 bits per heavy atom. The smallest absolute Gasteiger partial charge is 0.155 e. The number of furan rings is 1. The molecule has 0 atom stereocenters. The number of hydrogen-bond donors (Lipinski definition) is 2. The van der Waals surface area contributed by atoms with Gasteiger partial charge in [0.25, 0.3) is 0 Å². The van der Waals surface area contributed by atoms with Crippen LogP contribution >= 0.6 is 0 Å². The van der Waals surface area contributed by atoms with E-state index in [0.29, 0.717) is 0 Å². The van der Waals surface area contributed by atoms with Gasteiger partial charge in [0.2, 0.25) is 0 Å². The maximum Gasteiger partial charge on any atom is 0.155 e. The number of fused-ring (bicyclic) bond motifs is 5. The molecule has 0 radical (unpaired) electrons. The number of benzene rings is 4. The minimum Gasteiger partial charge on any atom is -0.545 e. The van der Waals surface area contributed by atoms with Crippen LogP contribution in [0.3, 0.4) is 0 Å². The van der Waals surface area contributed by atoms with Crippen LogP contribution in [-0.4, -0.2) is 31.7 Å². The number of aromatic nitrogens is 2. The summed E-state index contributed by atoms with van der Waals surface area (Å²) in [4.78, 5) is 29.8. The van der Waals surface area contributed by atoms with E-state index in [2.05, 4.69) is 36.4 Å². The van der Waals surface area contributed by atoms with Crippen molar-refractivity contribution in [3.8, 4) is 22.5 Å². The number of aliphatic hydroxyl groups excluding tert-OH is 2. The topological polar surface area (TPSA) is 114 Å². The van der Waals surface area contributed by atoms with E-state index >= 15 is 0 Å². The van der Waals surface area contributed by atoms with Gasteiger partial charge in [0, 0.05) is 65.4 Å². The van der Waals surface area contributed by atoms with Crippen LogP contribution < -0.4 is 0 Å². The normalized spacial score (nSPS) is 11.1. The third-order valence-electron chi connectivity index (χ3n) is 6.93. The number of allylic oxidation sites excluding steroid dienone is 4. The Morgan fingerprint density at radius 3 is 1.33 bits per heavy atom. The fourth-order valence-corrected chi connectivity index (χ4v) is 5.09. The molecule has 0 amide bonds. The molecule has 0 aliphatic rings. The zero-order valence-electron chi connectivity index (χ0n) is 27.0. The van der Waals surface area contributed by atoms with Gasteiger partial charge in [0.1, 0.15) is 0 Å². The number of hydrogen-bond acceptors (Lipinski definition) is 7. The van der Waals surface area contributed by atoms with Gasteiger partial charge < -0.3 is 14.6 Å². The summed E-state index contributed by atoms with van der Waals surface area (Å²) in [7, 11) is 0. The molecule has 0 aliphatic carbocycles. The molecular formula is C40H32N2O5Pt2-2.